The first-order chi connectivity index (χ1) is 11.5. The topological polar surface area (TPSA) is 69.7 Å². The fourth-order valence-electron chi connectivity index (χ4n) is 2.59. The van der Waals surface area contributed by atoms with E-state index in [0.29, 0.717) is 37.7 Å². The van der Waals surface area contributed by atoms with Gasteiger partial charge in [-0.2, -0.15) is 0 Å². The van der Waals surface area contributed by atoms with Gasteiger partial charge in [0, 0.05) is 51.1 Å². The van der Waals surface area contributed by atoms with Gasteiger partial charge >= 0.3 is 0 Å². The highest BCUT2D eigenvalue weighted by molar-refractivity contribution is 6.30. The van der Waals surface area contributed by atoms with Crippen LogP contribution in [-0.4, -0.2) is 60.2 Å². The second kappa shape index (κ2) is 8.68. The molecule has 24 heavy (non-hydrogen) atoms. The molecule has 0 atom stereocenters. The lowest BCUT2D eigenvalue weighted by Crippen LogP contribution is -2.50. The van der Waals surface area contributed by atoms with E-state index in [9.17, 15) is 14.4 Å². The van der Waals surface area contributed by atoms with Crippen LogP contribution in [0, 0.1) is 0 Å². The van der Waals surface area contributed by atoms with Crippen LogP contribution in [0.25, 0.3) is 0 Å². The Morgan fingerprint density at radius 3 is 2.21 bits per heavy atom. The van der Waals surface area contributed by atoms with E-state index in [1.807, 2.05) is 12.1 Å². The van der Waals surface area contributed by atoms with E-state index < -0.39 is 0 Å². The van der Waals surface area contributed by atoms with Crippen LogP contribution < -0.4 is 5.32 Å². The normalized spacial score (nSPS) is 14.4. The van der Waals surface area contributed by atoms with Gasteiger partial charge in [-0.1, -0.05) is 23.7 Å². The Bertz CT molecular complexity index is 596. The summed E-state index contributed by atoms with van der Waals surface area (Å²) in [7, 11) is 0. The molecule has 0 unspecified atom stereocenters. The van der Waals surface area contributed by atoms with E-state index in [2.05, 4.69) is 5.32 Å². The Balaban J connectivity index is 1.66. The van der Waals surface area contributed by atoms with Crippen LogP contribution in [0.3, 0.4) is 0 Å². The number of piperazine rings is 1. The van der Waals surface area contributed by atoms with Crippen LogP contribution >= 0.6 is 11.6 Å². The van der Waals surface area contributed by atoms with Gasteiger partial charge in [-0.3, -0.25) is 14.4 Å². The lowest BCUT2D eigenvalue weighted by atomic mass is 10.1. The minimum absolute atomic E-state index is 0.00462. The van der Waals surface area contributed by atoms with Crippen LogP contribution in [0.15, 0.2) is 24.3 Å². The van der Waals surface area contributed by atoms with Crippen LogP contribution in [0.2, 0.25) is 5.02 Å². The smallest absolute Gasteiger partial charge is 0.224 e. The summed E-state index contributed by atoms with van der Waals surface area (Å²) in [5, 5.41) is 3.39. The molecule has 130 valence electrons. The summed E-state index contributed by atoms with van der Waals surface area (Å²) in [6, 6.07) is 7.10. The van der Waals surface area contributed by atoms with E-state index in [0.717, 1.165) is 5.56 Å². The number of nitrogens with zero attached hydrogens (tertiary/aromatic N) is 2. The van der Waals surface area contributed by atoms with Gasteiger partial charge in [0.1, 0.15) is 0 Å². The van der Waals surface area contributed by atoms with Crippen molar-refractivity contribution in [2.75, 3.05) is 32.7 Å². The van der Waals surface area contributed by atoms with Gasteiger partial charge in [0.25, 0.3) is 0 Å². The third-order valence-electron chi connectivity index (χ3n) is 4.02. The summed E-state index contributed by atoms with van der Waals surface area (Å²) in [5.74, 6) is -0.0759. The molecule has 0 saturated carbocycles. The standard InChI is InChI=1S/C17H22ClN3O3/c1-13(22)20-8-10-21(11-9-20)17(24)6-7-19-16(23)12-14-2-4-15(18)5-3-14/h2-5H,6-12H2,1H3,(H,19,23). The number of hydrogen-bond acceptors (Lipinski definition) is 3. The van der Waals surface area contributed by atoms with Crippen molar-refractivity contribution in [3.05, 3.63) is 34.9 Å². The number of rotatable bonds is 5. The zero-order chi connectivity index (χ0) is 17.5. The highest BCUT2D eigenvalue weighted by Gasteiger charge is 2.21. The minimum Gasteiger partial charge on any atom is -0.355 e. The predicted molar refractivity (Wildman–Crippen MR) is 91.6 cm³/mol. The zero-order valence-electron chi connectivity index (χ0n) is 13.8. The van der Waals surface area contributed by atoms with Crippen molar-refractivity contribution < 1.29 is 14.4 Å². The van der Waals surface area contributed by atoms with Crippen LogP contribution in [0.1, 0.15) is 18.9 Å². The Morgan fingerprint density at radius 1 is 1.04 bits per heavy atom. The summed E-state index contributed by atoms with van der Waals surface area (Å²) < 4.78 is 0. The third-order valence-corrected chi connectivity index (χ3v) is 4.27. The molecule has 2 rings (SSSR count). The minimum atomic E-state index is -0.119. The molecule has 0 aromatic heterocycles. The van der Waals surface area contributed by atoms with Gasteiger partial charge in [0.2, 0.25) is 17.7 Å². The van der Waals surface area contributed by atoms with Crippen molar-refractivity contribution in [1.82, 2.24) is 15.1 Å². The largest absolute Gasteiger partial charge is 0.355 e. The summed E-state index contributed by atoms with van der Waals surface area (Å²) >= 11 is 5.80. The third kappa shape index (κ3) is 5.53. The molecular weight excluding hydrogens is 330 g/mol. The second-order valence-corrected chi connectivity index (χ2v) is 6.23. The molecule has 0 radical (unpaired) electrons. The van der Waals surface area contributed by atoms with E-state index in [-0.39, 0.29) is 30.6 Å². The number of hydrogen-bond donors (Lipinski definition) is 1. The average molecular weight is 352 g/mol. The highest BCUT2D eigenvalue weighted by Crippen LogP contribution is 2.10. The lowest BCUT2D eigenvalue weighted by Gasteiger charge is -2.34. The van der Waals surface area contributed by atoms with E-state index in [4.69, 9.17) is 11.6 Å². The molecular formula is C17H22ClN3O3. The maximum Gasteiger partial charge on any atom is 0.224 e. The van der Waals surface area contributed by atoms with Gasteiger partial charge in [0.15, 0.2) is 0 Å². The Labute approximate surface area is 146 Å². The Kier molecular flexibility index (Phi) is 6.61. The Hall–Kier alpha value is -2.08. The van der Waals surface area contributed by atoms with Crippen molar-refractivity contribution in [2.24, 2.45) is 0 Å². The summed E-state index contributed by atoms with van der Waals surface area (Å²) in [5.41, 5.74) is 0.878. The van der Waals surface area contributed by atoms with Crippen LogP contribution in [0.4, 0.5) is 0 Å². The molecule has 1 N–H and O–H groups in total. The van der Waals surface area contributed by atoms with E-state index >= 15 is 0 Å². The van der Waals surface area contributed by atoms with Crippen molar-refractivity contribution in [2.45, 2.75) is 19.8 Å². The second-order valence-electron chi connectivity index (χ2n) is 5.79. The predicted octanol–water partition coefficient (Wildman–Crippen LogP) is 1.08. The molecule has 1 aliphatic rings. The van der Waals surface area contributed by atoms with Crippen molar-refractivity contribution >= 4 is 29.3 Å². The molecule has 6 nitrogen and oxygen atoms in total. The quantitative estimate of drug-likeness (QED) is 0.863. The molecule has 1 fully saturated rings. The van der Waals surface area contributed by atoms with Gasteiger partial charge in [-0.15, -0.1) is 0 Å². The SMILES string of the molecule is CC(=O)N1CCN(C(=O)CCNC(=O)Cc2ccc(Cl)cc2)CC1. The number of amides is 3. The summed E-state index contributed by atoms with van der Waals surface area (Å²) in [6.07, 6.45) is 0.537. The maximum absolute atomic E-state index is 12.1. The monoisotopic (exact) mass is 351 g/mol. The first-order valence-electron chi connectivity index (χ1n) is 8.00. The van der Waals surface area contributed by atoms with Crippen LogP contribution in [0.5, 0.6) is 0 Å². The molecule has 1 aromatic rings. The molecule has 0 bridgehead atoms. The number of carbonyl (C=O) groups is 3. The molecule has 3 amide bonds. The number of halogens is 1. The van der Waals surface area contributed by atoms with Gasteiger partial charge in [-0.25, -0.2) is 0 Å². The van der Waals surface area contributed by atoms with E-state index in [1.165, 1.54) is 6.92 Å². The first-order valence-corrected chi connectivity index (χ1v) is 8.38. The summed E-state index contributed by atoms with van der Waals surface area (Å²) in [4.78, 5) is 38.7. The fourth-order valence-corrected chi connectivity index (χ4v) is 2.71. The van der Waals surface area contributed by atoms with Crippen molar-refractivity contribution in [3.63, 3.8) is 0 Å². The molecule has 0 spiro atoms. The van der Waals surface area contributed by atoms with Gasteiger partial charge in [0.05, 0.1) is 6.42 Å². The van der Waals surface area contributed by atoms with Crippen molar-refractivity contribution in [1.29, 1.82) is 0 Å². The maximum atomic E-state index is 12.1. The van der Waals surface area contributed by atoms with E-state index in [1.54, 1.807) is 21.9 Å². The van der Waals surface area contributed by atoms with Crippen molar-refractivity contribution in [3.8, 4) is 0 Å². The molecule has 1 heterocycles. The first kappa shape index (κ1) is 18.3. The van der Waals surface area contributed by atoms with Crippen LogP contribution in [-0.2, 0) is 20.8 Å². The molecule has 0 aliphatic carbocycles. The number of benzene rings is 1. The molecule has 1 aromatic carbocycles. The fraction of sp³-hybridized carbons (Fsp3) is 0.471. The highest BCUT2D eigenvalue weighted by atomic mass is 35.5. The molecule has 7 heteroatoms. The summed E-state index contributed by atoms with van der Waals surface area (Å²) in [6.45, 7) is 4.11. The number of carbonyl (C=O) groups excluding carboxylic acids is 3. The Morgan fingerprint density at radius 2 is 1.62 bits per heavy atom. The molecule has 1 aliphatic heterocycles. The van der Waals surface area contributed by atoms with Gasteiger partial charge < -0.3 is 15.1 Å². The van der Waals surface area contributed by atoms with Gasteiger partial charge in [-0.05, 0) is 17.7 Å². The zero-order valence-corrected chi connectivity index (χ0v) is 14.5. The number of nitrogens with one attached hydrogen (secondary N) is 1. The molecule has 1 saturated heterocycles. The lowest BCUT2D eigenvalue weighted by molar-refractivity contribution is -0.138. The average Bonchev–Trinajstić information content (AvgIpc) is 2.57.